The van der Waals surface area contributed by atoms with Gasteiger partial charge in [-0.2, -0.15) is 4.31 Å². The first-order valence-electron chi connectivity index (χ1n) is 10.6. The Morgan fingerprint density at radius 1 is 1.00 bits per heavy atom. The zero-order valence-electron chi connectivity index (χ0n) is 18.2. The van der Waals surface area contributed by atoms with Crippen molar-refractivity contribution in [2.24, 2.45) is 0 Å². The van der Waals surface area contributed by atoms with Crippen LogP contribution in [0.15, 0.2) is 47.4 Å². The zero-order chi connectivity index (χ0) is 22.6. The maximum Gasteiger partial charge on any atom is 0.255 e. The molecule has 3 rings (SSSR count). The summed E-state index contributed by atoms with van der Waals surface area (Å²) in [6.45, 7) is 7.68. The van der Waals surface area contributed by atoms with Crippen molar-refractivity contribution >= 4 is 27.5 Å². The number of carbonyl (C=O) groups is 2. The lowest BCUT2D eigenvalue weighted by Gasteiger charge is -2.19. The Morgan fingerprint density at radius 2 is 1.61 bits per heavy atom. The maximum absolute atomic E-state index is 12.8. The van der Waals surface area contributed by atoms with Gasteiger partial charge >= 0.3 is 0 Å². The fraction of sp³-hybridized carbons (Fsp3) is 0.391. The Kier molecular flexibility index (Phi) is 7.12. The number of hydrogen-bond acceptors (Lipinski definition) is 4. The molecule has 0 atom stereocenters. The molecule has 166 valence electrons. The van der Waals surface area contributed by atoms with E-state index in [2.05, 4.69) is 5.32 Å². The van der Waals surface area contributed by atoms with E-state index < -0.39 is 10.0 Å². The van der Waals surface area contributed by atoms with Gasteiger partial charge in [-0.3, -0.25) is 9.59 Å². The van der Waals surface area contributed by atoms with Crippen molar-refractivity contribution in [2.75, 3.05) is 31.5 Å². The highest BCUT2D eigenvalue weighted by molar-refractivity contribution is 7.89. The van der Waals surface area contributed by atoms with E-state index in [0.29, 0.717) is 35.5 Å². The molecule has 0 unspecified atom stereocenters. The smallest absolute Gasteiger partial charge is 0.255 e. The SMILES string of the molecule is CCN(CC)S(=O)(=O)c1ccc(C(=O)Nc2cccc(C(=O)N3CCCC3)c2C)cc1. The molecule has 0 radical (unpaired) electrons. The largest absolute Gasteiger partial charge is 0.339 e. The summed E-state index contributed by atoms with van der Waals surface area (Å²) in [5.41, 5.74) is 2.21. The van der Waals surface area contributed by atoms with E-state index >= 15 is 0 Å². The van der Waals surface area contributed by atoms with Crippen LogP contribution in [0.1, 0.15) is 53.0 Å². The van der Waals surface area contributed by atoms with E-state index in [1.807, 2.05) is 11.8 Å². The van der Waals surface area contributed by atoms with E-state index in [0.717, 1.165) is 25.9 Å². The second kappa shape index (κ2) is 9.62. The fourth-order valence-electron chi connectivity index (χ4n) is 3.78. The van der Waals surface area contributed by atoms with E-state index in [9.17, 15) is 18.0 Å². The zero-order valence-corrected chi connectivity index (χ0v) is 19.0. The molecule has 2 aromatic carbocycles. The van der Waals surface area contributed by atoms with Gasteiger partial charge in [-0.05, 0) is 61.7 Å². The number of amides is 2. The van der Waals surface area contributed by atoms with Gasteiger partial charge in [-0.25, -0.2) is 8.42 Å². The van der Waals surface area contributed by atoms with Crippen molar-refractivity contribution in [1.29, 1.82) is 0 Å². The average Bonchev–Trinajstić information content (AvgIpc) is 3.30. The van der Waals surface area contributed by atoms with Crippen LogP contribution in [0.25, 0.3) is 0 Å². The van der Waals surface area contributed by atoms with Crippen LogP contribution in [0.4, 0.5) is 5.69 Å². The topological polar surface area (TPSA) is 86.8 Å². The molecule has 2 amide bonds. The molecule has 1 aliphatic heterocycles. The molecule has 0 bridgehead atoms. The number of benzene rings is 2. The Bertz CT molecular complexity index is 1050. The molecule has 1 heterocycles. The molecule has 31 heavy (non-hydrogen) atoms. The van der Waals surface area contributed by atoms with Crippen LogP contribution in [0, 0.1) is 6.92 Å². The summed E-state index contributed by atoms with van der Waals surface area (Å²) in [6.07, 6.45) is 2.03. The number of rotatable bonds is 7. The van der Waals surface area contributed by atoms with E-state index in [1.165, 1.54) is 28.6 Å². The van der Waals surface area contributed by atoms with Gasteiger partial charge in [0, 0.05) is 43.0 Å². The molecular weight excluding hydrogens is 414 g/mol. The van der Waals surface area contributed by atoms with Crippen LogP contribution >= 0.6 is 0 Å². The normalized spacial score (nSPS) is 14.1. The lowest BCUT2D eigenvalue weighted by Crippen LogP contribution is -2.30. The van der Waals surface area contributed by atoms with Crippen molar-refractivity contribution in [3.8, 4) is 0 Å². The molecule has 0 aromatic heterocycles. The van der Waals surface area contributed by atoms with E-state index in [-0.39, 0.29) is 16.7 Å². The van der Waals surface area contributed by atoms with E-state index in [1.54, 1.807) is 32.0 Å². The van der Waals surface area contributed by atoms with Crippen LogP contribution in [-0.4, -0.2) is 55.6 Å². The highest BCUT2D eigenvalue weighted by Gasteiger charge is 2.23. The first kappa shape index (κ1) is 23.0. The van der Waals surface area contributed by atoms with Gasteiger partial charge in [-0.15, -0.1) is 0 Å². The Hall–Kier alpha value is -2.71. The monoisotopic (exact) mass is 443 g/mol. The highest BCUT2D eigenvalue weighted by atomic mass is 32.2. The molecule has 0 spiro atoms. The third kappa shape index (κ3) is 4.80. The average molecular weight is 444 g/mol. The number of nitrogens with one attached hydrogen (secondary N) is 1. The molecule has 8 heteroatoms. The number of anilines is 1. The Balaban J connectivity index is 1.78. The molecule has 0 saturated carbocycles. The third-order valence-electron chi connectivity index (χ3n) is 5.67. The maximum atomic E-state index is 12.8. The molecule has 7 nitrogen and oxygen atoms in total. The minimum atomic E-state index is -3.57. The van der Waals surface area contributed by atoms with Crippen molar-refractivity contribution in [1.82, 2.24) is 9.21 Å². The molecule has 1 aliphatic rings. The molecule has 1 N–H and O–H groups in total. The van der Waals surface area contributed by atoms with Gasteiger partial charge in [0.25, 0.3) is 11.8 Å². The molecule has 1 fully saturated rings. The Labute approximate surface area is 184 Å². The molecule has 1 saturated heterocycles. The molecule has 2 aromatic rings. The van der Waals surface area contributed by atoms with Gasteiger partial charge in [-0.1, -0.05) is 19.9 Å². The summed E-state index contributed by atoms with van der Waals surface area (Å²) >= 11 is 0. The van der Waals surface area contributed by atoms with Gasteiger partial charge in [0.15, 0.2) is 0 Å². The number of sulfonamides is 1. The van der Waals surface area contributed by atoms with Gasteiger partial charge in [0.05, 0.1) is 4.90 Å². The van der Waals surface area contributed by atoms with Crippen LogP contribution in [-0.2, 0) is 10.0 Å². The summed E-state index contributed by atoms with van der Waals surface area (Å²) in [4.78, 5) is 27.5. The van der Waals surface area contributed by atoms with Crippen molar-refractivity contribution in [3.05, 3.63) is 59.2 Å². The van der Waals surface area contributed by atoms with Crippen molar-refractivity contribution in [2.45, 2.75) is 38.5 Å². The van der Waals surface area contributed by atoms with Crippen LogP contribution in [0.2, 0.25) is 0 Å². The van der Waals surface area contributed by atoms with Crippen LogP contribution < -0.4 is 5.32 Å². The van der Waals surface area contributed by atoms with Gasteiger partial charge in [0.1, 0.15) is 0 Å². The lowest BCUT2D eigenvalue weighted by atomic mass is 10.0. The summed E-state index contributed by atoms with van der Waals surface area (Å²) in [7, 11) is -3.57. The van der Waals surface area contributed by atoms with Gasteiger partial charge in [0.2, 0.25) is 10.0 Å². The number of nitrogens with zero attached hydrogens (tertiary/aromatic N) is 2. The molecular formula is C23H29N3O4S. The summed E-state index contributed by atoms with van der Waals surface area (Å²) < 4.78 is 26.6. The van der Waals surface area contributed by atoms with E-state index in [4.69, 9.17) is 0 Å². The minimum Gasteiger partial charge on any atom is -0.339 e. The fourth-order valence-corrected chi connectivity index (χ4v) is 5.24. The summed E-state index contributed by atoms with van der Waals surface area (Å²) in [5, 5.41) is 2.85. The first-order chi connectivity index (χ1) is 14.8. The number of likely N-dealkylation sites (tertiary alicyclic amines) is 1. The summed E-state index contributed by atoms with van der Waals surface area (Å²) in [5.74, 6) is -0.377. The number of hydrogen-bond donors (Lipinski definition) is 1. The second-order valence-electron chi connectivity index (χ2n) is 7.55. The third-order valence-corrected chi connectivity index (χ3v) is 7.73. The predicted octanol–water partition coefficient (Wildman–Crippen LogP) is 3.51. The minimum absolute atomic E-state index is 0.0166. The van der Waals surface area contributed by atoms with Crippen molar-refractivity contribution in [3.63, 3.8) is 0 Å². The summed E-state index contributed by atoms with van der Waals surface area (Å²) in [6, 6.07) is 11.2. The Morgan fingerprint density at radius 3 is 2.19 bits per heavy atom. The molecule has 0 aliphatic carbocycles. The number of carbonyl (C=O) groups excluding carboxylic acids is 2. The standard InChI is InChI=1S/C23H29N3O4S/c1-4-26(5-2)31(29,30)19-13-11-18(12-14-19)22(27)24-21-10-8-9-20(17(21)3)23(28)25-15-6-7-16-25/h8-14H,4-7,15-16H2,1-3H3,(H,24,27). The highest BCUT2D eigenvalue weighted by Crippen LogP contribution is 2.23. The lowest BCUT2D eigenvalue weighted by molar-refractivity contribution is 0.0791. The van der Waals surface area contributed by atoms with Gasteiger partial charge < -0.3 is 10.2 Å². The first-order valence-corrected chi connectivity index (χ1v) is 12.0. The van der Waals surface area contributed by atoms with Crippen molar-refractivity contribution < 1.29 is 18.0 Å². The van der Waals surface area contributed by atoms with Crippen LogP contribution in [0.3, 0.4) is 0 Å². The predicted molar refractivity (Wildman–Crippen MR) is 121 cm³/mol. The van der Waals surface area contributed by atoms with Crippen LogP contribution in [0.5, 0.6) is 0 Å². The quantitative estimate of drug-likeness (QED) is 0.709. The second-order valence-corrected chi connectivity index (χ2v) is 9.48.